The van der Waals surface area contributed by atoms with Crippen molar-refractivity contribution in [1.29, 1.82) is 0 Å². The van der Waals surface area contributed by atoms with Gasteiger partial charge in [-0.2, -0.15) is 0 Å². The summed E-state index contributed by atoms with van der Waals surface area (Å²) >= 11 is 0. The van der Waals surface area contributed by atoms with E-state index in [-0.39, 0.29) is 5.69 Å². The van der Waals surface area contributed by atoms with Gasteiger partial charge in [0.2, 0.25) is 0 Å². The zero-order chi connectivity index (χ0) is 10.8. The third-order valence-corrected chi connectivity index (χ3v) is 2.09. The Kier molecular flexibility index (Phi) is 2.21. The lowest BCUT2D eigenvalue weighted by Gasteiger charge is -2.00. The summed E-state index contributed by atoms with van der Waals surface area (Å²) in [5.41, 5.74) is 2.05. The number of benzene rings is 1. The average molecular weight is 204 g/mol. The van der Waals surface area contributed by atoms with Crippen molar-refractivity contribution in [3.8, 4) is 11.1 Å². The van der Waals surface area contributed by atoms with Gasteiger partial charge in [0.1, 0.15) is 6.26 Å². The average Bonchev–Trinajstić information content (AvgIpc) is 2.70. The Labute approximate surface area is 85.5 Å². The number of hydrogen-bond donors (Lipinski definition) is 0. The zero-order valence-electron chi connectivity index (χ0n) is 8.01. The smallest absolute Gasteiger partial charge is 0.277 e. The monoisotopic (exact) mass is 204 g/mol. The molecule has 1 aromatic heterocycles. The molecule has 0 aliphatic carbocycles. The first-order valence-electron chi connectivity index (χ1n) is 4.33. The maximum atomic E-state index is 10.8. The largest absolute Gasteiger partial charge is 0.364 e. The fourth-order valence-electron chi connectivity index (χ4n) is 1.37. The molecule has 5 heteroatoms. The third-order valence-electron chi connectivity index (χ3n) is 2.09. The van der Waals surface area contributed by atoms with Crippen LogP contribution in [0.5, 0.6) is 0 Å². The summed E-state index contributed by atoms with van der Waals surface area (Å²) < 4.78 is 4.66. The lowest BCUT2D eigenvalue weighted by molar-refractivity contribution is -0.384. The fourth-order valence-corrected chi connectivity index (χ4v) is 1.37. The Morgan fingerprint density at radius 3 is 2.87 bits per heavy atom. The second-order valence-electron chi connectivity index (χ2n) is 3.19. The molecule has 5 nitrogen and oxygen atoms in total. The molecule has 0 saturated carbocycles. The van der Waals surface area contributed by atoms with Gasteiger partial charge < -0.3 is 4.52 Å². The topological polar surface area (TPSA) is 69.2 Å². The lowest BCUT2D eigenvalue weighted by Crippen LogP contribution is -1.92. The molecule has 1 aromatic carbocycles. The normalized spacial score (nSPS) is 10.2. The minimum absolute atomic E-state index is 0.0678. The number of rotatable bonds is 2. The Morgan fingerprint density at radius 1 is 1.47 bits per heavy atom. The summed E-state index contributed by atoms with van der Waals surface area (Å²) in [6.45, 7) is 1.81. The van der Waals surface area contributed by atoms with Crippen LogP contribution in [-0.2, 0) is 0 Å². The molecule has 76 valence electrons. The van der Waals surface area contributed by atoms with Gasteiger partial charge >= 0.3 is 0 Å². The van der Waals surface area contributed by atoms with Gasteiger partial charge in [0, 0.05) is 11.6 Å². The first kappa shape index (κ1) is 9.39. The van der Waals surface area contributed by atoms with Crippen LogP contribution in [0.3, 0.4) is 0 Å². The second kappa shape index (κ2) is 3.53. The van der Waals surface area contributed by atoms with Crippen molar-refractivity contribution in [2.24, 2.45) is 0 Å². The predicted molar refractivity (Wildman–Crippen MR) is 53.3 cm³/mol. The van der Waals surface area contributed by atoms with Crippen LogP contribution >= 0.6 is 0 Å². The Hall–Kier alpha value is -2.17. The third kappa shape index (κ3) is 1.71. The minimum atomic E-state index is -0.407. The summed E-state index contributed by atoms with van der Waals surface area (Å²) in [6.07, 6.45) is 2.84. The molecule has 2 aromatic rings. The SMILES string of the molecule is Cc1ccc(-c2cnoc2)c([N+](=O)[O-])c1. The van der Waals surface area contributed by atoms with Gasteiger partial charge in [-0.1, -0.05) is 11.2 Å². The highest BCUT2D eigenvalue weighted by Crippen LogP contribution is 2.30. The van der Waals surface area contributed by atoms with Crippen LogP contribution in [0, 0.1) is 17.0 Å². The summed E-state index contributed by atoms with van der Waals surface area (Å²) in [5.74, 6) is 0. The van der Waals surface area contributed by atoms with Crippen molar-refractivity contribution < 1.29 is 9.45 Å². The van der Waals surface area contributed by atoms with E-state index in [1.54, 1.807) is 6.07 Å². The quantitative estimate of drug-likeness (QED) is 0.556. The number of hydrogen-bond acceptors (Lipinski definition) is 4. The first-order valence-corrected chi connectivity index (χ1v) is 4.33. The molecule has 2 rings (SSSR count). The van der Waals surface area contributed by atoms with E-state index < -0.39 is 4.92 Å². The van der Waals surface area contributed by atoms with Gasteiger partial charge in [-0.25, -0.2) is 0 Å². The van der Waals surface area contributed by atoms with E-state index in [0.717, 1.165) is 5.56 Å². The van der Waals surface area contributed by atoms with Crippen molar-refractivity contribution in [3.05, 3.63) is 46.3 Å². The number of nitro benzene ring substituents is 1. The Bertz CT molecular complexity index is 491. The van der Waals surface area contributed by atoms with Gasteiger partial charge in [-0.05, 0) is 18.6 Å². The van der Waals surface area contributed by atoms with Crippen LogP contribution in [0.15, 0.2) is 35.2 Å². The zero-order valence-corrected chi connectivity index (χ0v) is 8.01. The lowest BCUT2D eigenvalue weighted by atomic mass is 10.1. The Morgan fingerprint density at radius 2 is 2.27 bits per heavy atom. The highest BCUT2D eigenvalue weighted by molar-refractivity contribution is 5.72. The van der Waals surface area contributed by atoms with E-state index in [9.17, 15) is 10.1 Å². The standard InChI is InChI=1S/C10H8N2O3/c1-7-2-3-9(8-5-11-15-6-8)10(4-7)12(13)14/h2-6H,1H3. The number of nitro groups is 1. The molecule has 15 heavy (non-hydrogen) atoms. The summed E-state index contributed by atoms with van der Waals surface area (Å²) in [4.78, 5) is 10.4. The maximum absolute atomic E-state index is 10.8. The number of nitrogens with zero attached hydrogens (tertiary/aromatic N) is 2. The van der Waals surface area contributed by atoms with Crippen LogP contribution in [0.25, 0.3) is 11.1 Å². The van der Waals surface area contributed by atoms with Crippen LogP contribution in [-0.4, -0.2) is 10.1 Å². The molecule has 0 spiro atoms. The van der Waals surface area contributed by atoms with E-state index in [2.05, 4.69) is 9.68 Å². The molecule has 0 bridgehead atoms. The first-order chi connectivity index (χ1) is 7.18. The van der Waals surface area contributed by atoms with Gasteiger partial charge in [0.15, 0.2) is 0 Å². The summed E-state index contributed by atoms with van der Waals surface area (Å²) in [6, 6.07) is 5.04. The molecular weight excluding hydrogens is 196 g/mol. The number of aromatic nitrogens is 1. The molecule has 1 heterocycles. The fraction of sp³-hybridized carbons (Fsp3) is 0.100. The van der Waals surface area contributed by atoms with Crippen molar-refractivity contribution in [1.82, 2.24) is 5.16 Å². The van der Waals surface area contributed by atoms with Crippen molar-refractivity contribution in [2.75, 3.05) is 0 Å². The van der Waals surface area contributed by atoms with E-state index >= 15 is 0 Å². The van der Waals surface area contributed by atoms with E-state index in [0.29, 0.717) is 11.1 Å². The van der Waals surface area contributed by atoms with E-state index in [1.165, 1.54) is 18.5 Å². The minimum Gasteiger partial charge on any atom is -0.364 e. The van der Waals surface area contributed by atoms with Gasteiger partial charge in [0.05, 0.1) is 16.7 Å². The second-order valence-corrected chi connectivity index (χ2v) is 3.19. The van der Waals surface area contributed by atoms with Crippen LogP contribution in [0.4, 0.5) is 5.69 Å². The van der Waals surface area contributed by atoms with Gasteiger partial charge in [-0.3, -0.25) is 10.1 Å². The Balaban J connectivity index is 2.61. The molecule has 0 unspecified atom stereocenters. The summed E-state index contributed by atoms with van der Waals surface area (Å²) in [5, 5.41) is 14.3. The molecule has 0 aliphatic rings. The van der Waals surface area contributed by atoms with Crippen molar-refractivity contribution in [2.45, 2.75) is 6.92 Å². The van der Waals surface area contributed by atoms with E-state index in [1.807, 2.05) is 13.0 Å². The molecule has 0 aliphatic heterocycles. The molecule has 0 saturated heterocycles. The van der Waals surface area contributed by atoms with Crippen LogP contribution in [0.1, 0.15) is 5.56 Å². The van der Waals surface area contributed by atoms with Crippen LogP contribution in [0.2, 0.25) is 0 Å². The maximum Gasteiger partial charge on any atom is 0.277 e. The van der Waals surface area contributed by atoms with Crippen molar-refractivity contribution >= 4 is 5.69 Å². The van der Waals surface area contributed by atoms with Gasteiger partial charge in [-0.15, -0.1) is 0 Å². The molecule has 0 N–H and O–H groups in total. The van der Waals surface area contributed by atoms with Crippen LogP contribution < -0.4 is 0 Å². The number of aryl methyl sites for hydroxylation is 1. The van der Waals surface area contributed by atoms with Gasteiger partial charge in [0.25, 0.3) is 5.69 Å². The molecular formula is C10H8N2O3. The molecule has 0 radical (unpaired) electrons. The predicted octanol–water partition coefficient (Wildman–Crippen LogP) is 2.56. The molecule has 0 atom stereocenters. The van der Waals surface area contributed by atoms with E-state index in [4.69, 9.17) is 0 Å². The molecule has 0 fully saturated rings. The summed E-state index contributed by atoms with van der Waals surface area (Å²) in [7, 11) is 0. The highest BCUT2D eigenvalue weighted by Gasteiger charge is 2.16. The molecule has 0 amide bonds. The highest BCUT2D eigenvalue weighted by atomic mass is 16.6. The van der Waals surface area contributed by atoms with Crippen molar-refractivity contribution in [3.63, 3.8) is 0 Å².